The van der Waals surface area contributed by atoms with Gasteiger partial charge >= 0.3 is 0 Å². The number of benzene rings is 2. The highest BCUT2D eigenvalue weighted by Gasteiger charge is 2.21. The van der Waals surface area contributed by atoms with Crippen molar-refractivity contribution in [1.82, 2.24) is 15.2 Å². The van der Waals surface area contributed by atoms with Crippen molar-refractivity contribution in [2.45, 2.75) is 26.2 Å². The third-order valence-corrected chi connectivity index (χ3v) is 5.50. The Bertz CT molecular complexity index is 923. The molecule has 1 fully saturated rings. The highest BCUT2D eigenvalue weighted by molar-refractivity contribution is 6.30. The van der Waals surface area contributed by atoms with Crippen molar-refractivity contribution < 1.29 is 0 Å². The van der Waals surface area contributed by atoms with Crippen molar-refractivity contribution >= 4 is 29.1 Å². The van der Waals surface area contributed by atoms with Gasteiger partial charge in [-0.3, -0.25) is 0 Å². The molecule has 6 heteroatoms. The highest BCUT2D eigenvalue weighted by atomic mass is 35.5. The van der Waals surface area contributed by atoms with Crippen LogP contribution in [0.1, 0.15) is 24.0 Å². The van der Waals surface area contributed by atoms with Crippen molar-refractivity contribution in [3.63, 3.8) is 0 Å². The van der Waals surface area contributed by atoms with Crippen LogP contribution < -0.4 is 10.2 Å². The first-order valence-corrected chi connectivity index (χ1v) is 10.1. The zero-order chi connectivity index (χ0) is 19.3. The molecule has 144 valence electrons. The topological polar surface area (TPSA) is 53.9 Å². The summed E-state index contributed by atoms with van der Waals surface area (Å²) in [7, 11) is 0. The van der Waals surface area contributed by atoms with Crippen molar-refractivity contribution in [1.29, 1.82) is 0 Å². The lowest BCUT2D eigenvalue weighted by atomic mass is 9.90. The zero-order valence-electron chi connectivity index (χ0n) is 16.0. The van der Waals surface area contributed by atoms with Crippen molar-refractivity contribution in [3.8, 4) is 0 Å². The van der Waals surface area contributed by atoms with E-state index in [1.165, 1.54) is 5.56 Å². The predicted molar refractivity (Wildman–Crippen MR) is 114 cm³/mol. The van der Waals surface area contributed by atoms with E-state index in [1.54, 1.807) is 6.20 Å². The number of aryl methyl sites for hydroxylation is 1. The molecule has 0 aliphatic carbocycles. The molecule has 28 heavy (non-hydrogen) atoms. The molecule has 1 aliphatic heterocycles. The van der Waals surface area contributed by atoms with E-state index in [1.807, 2.05) is 25.1 Å². The second-order valence-corrected chi connectivity index (χ2v) is 7.78. The molecule has 5 nitrogen and oxygen atoms in total. The molecule has 0 unspecified atom stereocenters. The van der Waals surface area contributed by atoms with E-state index >= 15 is 0 Å². The first-order valence-electron chi connectivity index (χ1n) is 9.69. The predicted octanol–water partition coefficient (Wildman–Crippen LogP) is 5.04. The minimum absolute atomic E-state index is 0.690. The van der Waals surface area contributed by atoms with E-state index in [4.69, 9.17) is 11.6 Å². The fourth-order valence-corrected chi connectivity index (χ4v) is 3.90. The molecule has 1 N–H and O–H groups in total. The van der Waals surface area contributed by atoms with Gasteiger partial charge in [0.2, 0.25) is 5.95 Å². The van der Waals surface area contributed by atoms with Gasteiger partial charge in [0.1, 0.15) is 0 Å². The van der Waals surface area contributed by atoms with E-state index in [0.29, 0.717) is 17.7 Å². The smallest absolute Gasteiger partial charge is 0.247 e. The van der Waals surface area contributed by atoms with Crippen LogP contribution >= 0.6 is 11.6 Å². The van der Waals surface area contributed by atoms with Crippen molar-refractivity contribution in [2.75, 3.05) is 23.3 Å². The van der Waals surface area contributed by atoms with Gasteiger partial charge in [0.25, 0.3) is 0 Å². The van der Waals surface area contributed by atoms with Gasteiger partial charge in [-0.15, -0.1) is 5.10 Å². The number of aromatic nitrogens is 3. The van der Waals surface area contributed by atoms with Crippen molar-refractivity contribution in [3.05, 3.63) is 70.9 Å². The quantitative estimate of drug-likeness (QED) is 0.658. The van der Waals surface area contributed by atoms with Crippen LogP contribution in [-0.4, -0.2) is 28.3 Å². The molecule has 0 bridgehead atoms. The summed E-state index contributed by atoms with van der Waals surface area (Å²) in [6.07, 6.45) is 5.09. The van der Waals surface area contributed by atoms with Gasteiger partial charge in [0.05, 0.1) is 6.20 Å². The SMILES string of the molecule is Cc1cc(Cl)ccc1Nc1cnnc(N2CCC(Cc3ccccc3)CC2)n1. The lowest BCUT2D eigenvalue weighted by Gasteiger charge is -2.31. The maximum Gasteiger partial charge on any atom is 0.247 e. The average molecular weight is 394 g/mol. The number of anilines is 3. The number of hydrogen-bond acceptors (Lipinski definition) is 5. The molecule has 0 radical (unpaired) electrons. The van der Waals surface area contributed by atoms with E-state index in [2.05, 4.69) is 55.7 Å². The Hall–Kier alpha value is -2.66. The van der Waals surface area contributed by atoms with E-state index < -0.39 is 0 Å². The van der Waals surface area contributed by atoms with E-state index in [0.717, 1.165) is 48.6 Å². The van der Waals surface area contributed by atoms with Gasteiger partial charge in [-0.25, -0.2) is 0 Å². The average Bonchev–Trinajstić information content (AvgIpc) is 2.72. The Kier molecular flexibility index (Phi) is 5.72. The summed E-state index contributed by atoms with van der Waals surface area (Å²) < 4.78 is 0. The lowest BCUT2D eigenvalue weighted by molar-refractivity contribution is 0.400. The molecule has 2 aromatic carbocycles. The van der Waals surface area contributed by atoms with E-state index in [9.17, 15) is 0 Å². The molecule has 1 saturated heterocycles. The second-order valence-electron chi connectivity index (χ2n) is 7.35. The Morgan fingerprint density at radius 1 is 1.11 bits per heavy atom. The number of piperidine rings is 1. The molecule has 2 heterocycles. The molecule has 1 aromatic heterocycles. The van der Waals surface area contributed by atoms with Crippen LogP contribution in [0.25, 0.3) is 0 Å². The monoisotopic (exact) mass is 393 g/mol. The fourth-order valence-electron chi connectivity index (χ4n) is 3.68. The summed E-state index contributed by atoms with van der Waals surface area (Å²) in [6, 6.07) is 16.5. The van der Waals surface area contributed by atoms with E-state index in [-0.39, 0.29) is 0 Å². The summed E-state index contributed by atoms with van der Waals surface area (Å²) in [4.78, 5) is 6.90. The van der Waals surface area contributed by atoms with Gasteiger partial charge in [-0.05, 0) is 61.4 Å². The van der Waals surface area contributed by atoms with Crippen LogP contribution in [0, 0.1) is 12.8 Å². The number of nitrogens with zero attached hydrogens (tertiary/aromatic N) is 4. The number of nitrogens with one attached hydrogen (secondary N) is 1. The van der Waals surface area contributed by atoms with Gasteiger partial charge in [-0.1, -0.05) is 41.9 Å². The first-order chi connectivity index (χ1) is 13.7. The van der Waals surface area contributed by atoms with Gasteiger partial charge in [0.15, 0.2) is 5.82 Å². The summed E-state index contributed by atoms with van der Waals surface area (Å²) >= 11 is 6.04. The number of hydrogen-bond donors (Lipinski definition) is 1. The molecule has 1 aliphatic rings. The van der Waals surface area contributed by atoms with Crippen LogP contribution in [0.3, 0.4) is 0 Å². The molecule has 3 aromatic rings. The third kappa shape index (κ3) is 4.60. The summed E-state index contributed by atoms with van der Waals surface area (Å²) in [5, 5.41) is 12.4. The van der Waals surface area contributed by atoms with Gasteiger partial charge in [0, 0.05) is 23.8 Å². The Labute approximate surface area is 170 Å². The Balaban J connectivity index is 1.38. The number of halogens is 1. The first kappa shape index (κ1) is 18.7. The minimum Gasteiger partial charge on any atom is -0.339 e. The maximum absolute atomic E-state index is 6.04. The molecule has 0 saturated carbocycles. The minimum atomic E-state index is 0.690. The molecule has 0 spiro atoms. The molecule has 4 rings (SSSR count). The molecular formula is C22H24ClN5. The van der Waals surface area contributed by atoms with Crippen molar-refractivity contribution in [2.24, 2.45) is 5.92 Å². The third-order valence-electron chi connectivity index (χ3n) is 5.26. The molecule has 0 atom stereocenters. The second kappa shape index (κ2) is 8.57. The van der Waals surface area contributed by atoms with Crippen LogP contribution in [0.5, 0.6) is 0 Å². The van der Waals surface area contributed by atoms with Gasteiger partial charge < -0.3 is 10.2 Å². The maximum atomic E-state index is 6.04. The van der Waals surface area contributed by atoms with Gasteiger partial charge in [-0.2, -0.15) is 10.1 Å². The highest BCUT2D eigenvalue weighted by Crippen LogP contribution is 2.26. The van der Waals surface area contributed by atoms with Crippen LogP contribution in [0.4, 0.5) is 17.5 Å². The fraction of sp³-hybridized carbons (Fsp3) is 0.318. The standard InChI is InChI=1S/C22H24ClN5/c1-16-13-19(23)7-8-20(16)25-21-15-24-27-22(26-21)28-11-9-18(10-12-28)14-17-5-3-2-4-6-17/h2-8,13,15,18H,9-12,14H2,1H3,(H,25,26,27). The van der Waals surface area contributed by atoms with Crippen LogP contribution in [0.15, 0.2) is 54.7 Å². The lowest BCUT2D eigenvalue weighted by Crippen LogP contribution is -2.35. The summed E-state index contributed by atoms with van der Waals surface area (Å²) in [5.74, 6) is 2.10. The number of rotatable bonds is 5. The normalized spacial score (nSPS) is 14.9. The molecule has 0 amide bonds. The van der Waals surface area contributed by atoms with Crippen LogP contribution in [0.2, 0.25) is 5.02 Å². The summed E-state index contributed by atoms with van der Waals surface area (Å²) in [6.45, 7) is 3.94. The van der Waals surface area contributed by atoms with Crippen LogP contribution in [-0.2, 0) is 6.42 Å². The Morgan fingerprint density at radius 3 is 2.64 bits per heavy atom. The Morgan fingerprint density at radius 2 is 1.89 bits per heavy atom. The zero-order valence-corrected chi connectivity index (χ0v) is 16.7. The summed E-state index contributed by atoms with van der Waals surface area (Å²) in [5.41, 5.74) is 3.45. The largest absolute Gasteiger partial charge is 0.339 e. The molecular weight excluding hydrogens is 370 g/mol.